The Labute approximate surface area is 150 Å². The van der Waals surface area contributed by atoms with E-state index in [1.807, 2.05) is 13.8 Å². The molecule has 2 amide bonds. The Bertz CT molecular complexity index is 574. The van der Waals surface area contributed by atoms with Crippen molar-refractivity contribution >= 4 is 11.8 Å². The first kappa shape index (κ1) is 19.2. The molecule has 1 aromatic rings. The summed E-state index contributed by atoms with van der Waals surface area (Å²) in [5, 5.41) is 2.98. The average molecular weight is 347 g/mol. The Balaban J connectivity index is 2.00. The summed E-state index contributed by atoms with van der Waals surface area (Å²) in [6, 6.07) is 3.57. The molecule has 138 valence electrons. The van der Waals surface area contributed by atoms with Gasteiger partial charge >= 0.3 is 0 Å². The minimum atomic E-state index is -0.132. The van der Waals surface area contributed by atoms with Gasteiger partial charge in [-0.15, -0.1) is 0 Å². The molecule has 1 aliphatic rings. The fourth-order valence-electron chi connectivity index (χ4n) is 3.04. The van der Waals surface area contributed by atoms with Crippen LogP contribution >= 0.6 is 0 Å². The molecule has 0 radical (unpaired) electrons. The predicted molar refractivity (Wildman–Crippen MR) is 96.5 cm³/mol. The molecular weight excluding hydrogens is 318 g/mol. The molecule has 25 heavy (non-hydrogen) atoms. The van der Waals surface area contributed by atoms with Gasteiger partial charge in [0.1, 0.15) is 0 Å². The monoisotopic (exact) mass is 347 g/mol. The summed E-state index contributed by atoms with van der Waals surface area (Å²) in [7, 11) is 0. The molecule has 2 heterocycles. The van der Waals surface area contributed by atoms with Crippen molar-refractivity contribution in [3.63, 3.8) is 0 Å². The third-order valence-corrected chi connectivity index (χ3v) is 4.62. The summed E-state index contributed by atoms with van der Waals surface area (Å²) in [5.41, 5.74) is 0.530. The highest BCUT2D eigenvalue weighted by molar-refractivity contribution is 5.94. The molecule has 2 unspecified atom stereocenters. The van der Waals surface area contributed by atoms with E-state index < -0.39 is 0 Å². The topological polar surface area (TPSA) is 71.5 Å². The largest absolute Gasteiger partial charge is 0.478 e. The number of aromatic nitrogens is 1. The van der Waals surface area contributed by atoms with Crippen molar-refractivity contribution in [3.05, 3.63) is 23.9 Å². The molecule has 2 atom stereocenters. The van der Waals surface area contributed by atoms with E-state index in [1.54, 1.807) is 23.2 Å². The van der Waals surface area contributed by atoms with Gasteiger partial charge in [-0.3, -0.25) is 9.59 Å². The maximum absolute atomic E-state index is 12.8. The zero-order valence-electron chi connectivity index (χ0n) is 15.5. The number of piperidine rings is 1. The van der Waals surface area contributed by atoms with E-state index in [2.05, 4.69) is 17.2 Å². The molecular formula is C19H29N3O3. The van der Waals surface area contributed by atoms with Crippen LogP contribution in [0.15, 0.2) is 18.3 Å². The van der Waals surface area contributed by atoms with Crippen LogP contribution in [0.5, 0.6) is 5.88 Å². The third-order valence-electron chi connectivity index (χ3n) is 4.62. The maximum atomic E-state index is 12.8. The highest BCUT2D eigenvalue weighted by Gasteiger charge is 2.33. The van der Waals surface area contributed by atoms with E-state index in [0.29, 0.717) is 31.1 Å². The number of hydrogen-bond acceptors (Lipinski definition) is 4. The second-order valence-corrected chi connectivity index (χ2v) is 6.54. The standard InChI is InChI=1S/C19H29N3O3/c1-4-6-11-20-18(23)16-8-7-14(3)22(13-16)19(24)15-9-10-17(21-12-15)25-5-2/h9-10,12,14,16H,4-8,11,13H2,1-3H3,(H,20,23). The maximum Gasteiger partial charge on any atom is 0.255 e. The number of hydrogen-bond donors (Lipinski definition) is 1. The fourth-order valence-corrected chi connectivity index (χ4v) is 3.04. The molecule has 1 N–H and O–H groups in total. The minimum Gasteiger partial charge on any atom is -0.478 e. The lowest BCUT2D eigenvalue weighted by Crippen LogP contribution is -2.49. The van der Waals surface area contributed by atoms with Gasteiger partial charge in [0.25, 0.3) is 5.91 Å². The molecule has 1 aromatic heterocycles. The Morgan fingerprint density at radius 1 is 1.32 bits per heavy atom. The van der Waals surface area contributed by atoms with Crippen molar-refractivity contribution in [3.8, 4) is 5.88 Å². The van der Waals surface area contributed by atoms with Crippen molar-refractivity contribution in [1.82, 2.24) is 15.2 Å². The Morgan fingerprint density at radius 2 is 2.12 bits per heavy atom. The third kappa shape index (κ3) is 5.18. The van der Waals surface area contributed by atoms with Crippen LogP contribution in [0.3, 0.4) is 0 Å². The zero-order chi connectivity index (χ0) is 18.2. The highest BCUT2D eigenvalue weighted by atomic mass is 16.5. The van der Waals surface area contributed by atoms with Gasteiger partial charge in [0.15, 0.2) is 0 Å². The quantitative estimate of drug-likeness (QED) is 0.770. The first-order valence-electron chi connectivity index (χ1n) is 9.24. The molecule has 0 aromatic carbocycles. The minimum absolute atomic E-state index is 0.0583. The van der Waals surface area contributed by atoms with Crippen LogP contribution in [0.2, 0.25) is 0 Å². The summed E-state index contributed by atoms with van der Waals surface area (Å²) in [6.07, 6.45) is 5.24. The van der Waals surface area contributed by atoms with Gasteiger partial charge < -0.3 is 15.0 Å². The Morgan fingerprint density at radius 3 is 2.76 bits per heavy atom. The average Bonchev–Trinajstić information content (AvgIpc) is 2.62. The number of rotatable bonds is 7. The van der Waals surface area contributed by atoms with E-state index in [4.69, 9.17) is 4.74 Å². The van der Waals surface area contributed by atoms with E-state index in [0.717, 1.165) is 25.7 Å². The number of ether oxygens (including phenoxy) is 1. The second-order valence-electron chi connectivity index (χ2n) is 6.54. The molecule has 0 aliphatic carbocycles. The summed E-state index contributed by atoms with van der Waals surface area (Å²) in [5.74, 6) is 0.364. The number of nitrogens with zero attached hydrogens (tertiary/aromatic N) is 2. The molecule has 6 heteroatoms. The van der Waals surface area contributed by atoms with Crippen LogP contribution in [-0.4, -0.2) is 47.4 Å². The first-order chi connectivity index (χ1) is 12.1. The first-order valence-corrected chi connectivity index (χ1v) is 9.24. The zero-order valence-corrected chi connectivity index (χ0v) is 15.5. The number of amides is 2. The molecule has 1 aliphatic heterocycles. The Hall–Kier alpha value is -2.11. The van der Waals surface area contributed by atoms with Crippen LogP contribution in [0, 0.1) is 5.92 Å². The fraction of sp³-hybridized carbons (Fsp3) is 0.632. The van der Waals surface area contributed by atoms with Gasteiger partial charge in [-0.2, -0.15) is 0 Å². The van der Waals surface area contributed by atoms with E-state index in [9.17, 15) is 9.59 Å². The smallest absolute Gasteiger partial charge is 0.255 e. The molecule has 2 rings (SSSR count). The number of pyridine rings is 1. The predicted octanol–water partition coefficient (Wildman–Crippen LogP) is 2.64. The van der Waals surface area contributed by atoms with Gasteiger partial charge in [-0.1, -0.05) is 13.3 Å². The molecule has 0 bridgehead atoms. The van der Waals surface area contributed by atoms with Crippen LogP contribution in [0.25, 0.3) is 0 Å². The summed E-state index contributed by atoms with van der Waals surface area (Å²) < 4.78 is 5.31. The molecule has 0 spiro atoms. The van der Waals surface area contributed by atoms with Gasteiger partial charge in [0.05, 0.1) is 18.1 Å². The van der Waals surface area contributed by atoms with Crippen LogP contribution in [-0.2, 0) is 4.79 Å². The number of unbranched alkanes of at least 4 members (excludes halogenated alkanes) is 1. The summed E-state index contributed by atoms with van der Waals surface area (Å²) in [6.45, 7) is 7.73. The Kier molecular flexibility index (Phi) is 7.22. The molecule has 1 saturated heterocycles. The number of nitrogens with one attached hydrogen (secondary N) is 1. The van der Waals surface area contributed by atoms with Gasteiger partial charge in [-0.05, 0) is 39.2 Å². The lowest BCUT2D eigenvalue weighted by atomic mass is 9.92. The number of likely N-dealkylation sites (tertiary alicyclic amines) is 1. The SMILES string of the molecule is CCCCNC(=O)C1CCC(C)N(C(=O)c2ccc(OCC)nc2)C1. The summed E-state index contributed by atoms with van der Waals surface area (Å²) in [4.78, 5) is 31.1. The van der Waals surface area contributed by atoms with Crippen molar-refractivity contribution in [1.29, 1.82) is 0 Å². The van der Waals surface area contributed by atoms with Crippen molar-refractivity contribution in [2.24, 2.45) is 5.92 Å². The van der Waals surface area contributed by atoms with E-state index >= 15 is 0 Å². The van der Waals surface area contributed by atoms with E-state index in [1.165, 1.54) is 0 Å². The molecule has 1 fully saturated rings. The molecule has 6 nitrogen and oxygen atoms in total. The number of carbonyl (C=O) groups is 2. The van der Waals surface area contributed by atoms with Crippen molar-refractivity contribution < 1.29 is 14.3 Å². The van der Waals surface area contributed by atoms with Gasteiger partial charge in [0.2, 0.25) is 11.8 Å². The lowest BCUT2D eigenvalue weighted by molar-refractivity contribution is -0.126. The molecule has 0 saturated carbocycles. The van der Waals surface area contributed by atoms with Crippen molar-refractivity contribution in [2.45, 2.75) is 52.5 Å². The normalized spacial score (nSPS) is 20.2. The highest BCUT2D eigenvalue weighted by Crippen LogP contribution is 2.24. The van der Waals surface area contributed by atoms with Gasteiger partial charge in [-0.25, -0.2) is 4.98 Å². The van der Waals surface area contributed by atoms with E-state index in [-0.39, 0.29) is 23.8 Å². The lowest BCUT2D eigenvalue weighted by Gasteiger charge is -2.37. The van der Waals surface area contributed by atoms with Crippen molar-refractivity contribution in [2.75, 3.05) is 19.7 Å². The summed E-state index contributed by atoms with van der Waals surface area (Å²) >= 11 is 0. The van der Waals surface area contributed by atoms with Crippen LogP contribution in [0.1, 0.15) is 56.8 Å². The van der Waals surface area contributed by atoms with Crippen LogP contribution in [0.4, 0.5) is 0 Å². The van der Waals surface area contributed by atoms with Crippen LogP contribution < -0.4 is 10.1 Å². The number of carbonyl (C=O) groups excluding carboxylic acids is 2. The van der Waals surface area contributed by atoms with Gasteiger partial charge in [0, 0.05) is 31.4 Å². The second kappa shape index (κ2) is 9.39.